The third kappa shape index (κ3) is 17.4. The van der Waals surface area contributed by atoms with Gasteiger partial charge in [-0.05, 0) is 12.8 Å². The highest BCUT2D eigenvalue weighted by molar-refractivity contribution is 8.76. The zero-order valence-corrected chi connectivity index (χ0v) is 48.1. The number of unbranched alkanes of at least 4 members (excludes halogenated alkanes) is 1. The average Bonchev–Trinajstić information content (AvgIpc) is 4.20. The molecule has 4 saturated heterocycles. The van der Waals surface area contributed by atoms with Crippen molar-refractivity contribution < 1.29 is 109 Å². The topological polar surface area (TPSA) is 530 Å². The fourth-order valence-corrected chi connectivity index (χ4v) is 16.9. The number of H-pyrrole nitrogens is 2. The first-order valence-corrected chi connectivity index (χ1v) is 33.6. The molecule has 3 aromatic heterocycles. The Labute approximate surface area is 468 Å². The number of aliphatic hydroxyl groups excluding tert-OH is 4. The summed E-state index contributed by atoms with van der Waals surface area (Å²) in [6.45, 7) is -2.09. The summed E-state index contributed by atoms with van der Waals surface area (Å²) < 4.78 is 85.1. The number of aliphatic hydroxyl groups is 4. The minimum atomic E-state index is -6.34. The molecule has 15 atom stereocenters. The van der Waals surface area contributed by atoms with Crippen molar-refractivity contribution in [2.24, 2.45) is 7.05 Å². The second-order valence-corrected chi connectivity index (χ2v) is 28.3. The van der Waals surface area contributed by atoms with Crippen LogP contribution in [0.1, 0.15) is 50.1 Å². The van der Waals surface area contributed by atoms with Gasteiger partial charge in [0.2, 0.25) is 23.6 Å². The van der Waals surface area contributed by atoms with Gasteiger partial charge in [-0.3, -0.25) is 47.3 Å². The summed E-state index contributed by atoms with van der Waals surface area (Å²) in [5.41, 5.74) is 2.50. The van der Waals surface area contributed by atoms with E-state index in [1.54, 1.807) is 0 Å². The van der Waals surface area contributed by atoms with Crippen molar-refractivity contribution >= 4 is 106 Å². The van der Waals surface area contributed by atoms with E-state index in [1.807, 2.05) is 16.7 Å². The van der Waals surface area contributed by atoms with Crippen LogP contribution in [0.25, 0.3) is 17.2 Å². The number of imidazole rings is 1. The van der Waals surface area contributed by atoms with Crippen LogP contribution in [0.3, 0.4) is 0 Å². The summed E-state index contributed by atoms with van der Waals surface area (Å²) in [4.78, 5) is 122. The van der Waals surface area contributed by atoms with E-state index in [2.05, 4.69) is 53.2 Å². The van der Waals surface area contributed by atoms with Gasteiger partial charge in [0.05, 0.1) is 37.9 Å². The maximum Gasteiger partial charge on any atom is 0.490 e. The number of rotatable bonds is 29. The van der Waals surface area contributed by atoms with Crippen molar-refractivity contribution in [1.82, 2.24) is 45.4 Å². The maximum absolute atomic E-state index is 12.8. The highest BCUT2D eigenvalue weighted by atomic mass is 33.1. The number of thioether (sulfide) groups is 1. The van der Waals surface area contributed by atoms with Crippen molar-refractivity contribution in [2.75, 3.05) is 49.3 Å². The number of nitrogens with zero attached hydrogens (tertiary/aromatic N) is 4. The minimum Gasteiger partial charge on any atom is -0.387 e. The van der Waals surface area contributed by atoms with Crippen LogP contribution in [0, 0.1) is 0 Å². The number of nitrogens with one attached hydrogen (secondary N) is 6. The molecule has 0 saturated carbocycles. The van der Waals surface area contributed by atoms with E-state index in [9.17, 15) is 87.0 Å². The van der Waals surface area contributed by atoms with Crippen LogP contribution in [0.4, 0.5) is 10.7 Å². The standard InChI is InChI=1S/C38H57N11O25P4S3/c1-47-17-49(31-26(47)33(57)45-36(39)44-31)35-30(55)28(53)21(71-35)15-69-76(62,63)73-78(66,67)74-77(64,65)72-75(60,61)68-14-20-27(52)29(54)34(70-20)48-13-18(32(56)46-38(48)59)5-4-9-40-24(51)8-11-80-81-12-10-41-23(50)7-3-2-6-22-25-19(16-79-22)42-37(58)43-25/h4-5,13,17,19-22,25,27-30,34-35,52-55H,2-3,6-12,14-16H2,1H3,(H11-,39,40,41,42,43,44,45,46,50,51,56,57,58,59,60,61,62,63,64,65,66,67)/p+1/b5-4+/t19-,20+,21+,22-,25-,27?,28?,29-,30?,34+,35+/m0/s1. The molecule has 4 fully saturated rings. The number of urea groups is 1. The average molecular weight is 1290 g/mol. The summed E-state index contributed by atoms with van der Waals surface area (Å²) in [5.74, 6) is 1.25. The van der Waals surface area contributed by atoms with E-state index in [1.165, 1.54) is 51.7 Å². The lowest BCUT2D eigenvalue weighted by Crippen LogP contribution is -2.46. The number of anilines is 1. The van der Waals surface area contributed by atoms with E-state index in [4.69, 9.17) is 15.2 Å². The van der Waals surface area contributed by atoms with Crippen molar-refractivity contribution in [2.45, 2.75) is 98.5 Å². The van der Waals surface area contributed by atoms with E-state index in [0.29, 0.717) is 34.3 Å². The SMILES string of the molecule is Cn1c[n+]([C@@H]2O[C@H](COP(=O)(O)OP(=O)(O)OP(=O)(O)OP(=O)(O)OC[C@H]3O[C@@H](n4cc(/C=C/CNC(=O)CCSSCCNC(=O)CCCC[C@@H]5SC[C@@H]6NC(=O)N[C@@H]65)c(=O)[nH]c4=O)[C@@H](O)C3O)C(O)C2O)c2nc(N)[nH]c(=O)c21. The van der Waals surface area contributed by atoms with E-state index in [-0.39, 0.29) is 65.6 Å². The van der Waals surface area contributed by atoms with Crippen LogP contribution < -0.4 is 48.4 Å². The highest BCUT2D eigenvalue weighted by Gasteiger charge is 2.51. The van der Waals surface area contributed by atoms with E-state index >= 15 is 0 Å². The number of aromatic amines is 2. The lowest BCUT2D eigenvalue weighted by Gasteiger charge is -2.21. The van der Waals surface area contributed by atoms with Crippen LogP contribution in [0.15, 0.2) is 33.0 Å². The Morgan fingerprint density at radius 2 is 1.47 bits per heavy atom. The Bertz CT molecular complexity index is 3210. The van der Waals surface area contributed by atoms with Crippen LogP contribution in [0.2, 0.25) is 0 Å². The molecule has 3 aromatic rings. The number of hydrogen-bond acceptors (Lipinski definition) is 26. The van der Waals surface area contributed by atoms with E-state index in [0.717, 1.165) is 35.8 Å². The van der Waals surface area contributed by atoms with Gasteiger partial charge in [-0.1, -0.05) is 45.1 Å². The van der Waals surface area contributed by atoms with Crippen molar-refractivity contribution in [1.29, 1.82) is 0 Å². The van der Waals surface area contributed by atoms with Crippen molar-refractivity contribution in [3.05, 3.63) is 55.4 Å². The Morgan fingerprint density at radius 3 is 2.16 bits per heavy atom. The summed E-state index contributed by atoms with van der Waals surface area (Å²) in [6, 6.07) is 0.168. The Kier molecular flexibility index (Phi) is 21.9. The zero-order chi connectivity index (χ0) is 59.2. The van der Waals surface area contributed by atoms with Crippen molar-refractivity contribution in [3.8, 4) is 0 Å². The van der Waals surface area contributed by atoms with Gasteiger partial charge < -0.3 is 76.5 Å². The smallest absolute Gasteiger partial charge is 0.387 e. The molecule has 4 aliphatic rings. The number of hydrogen-bond donors (Lipinski definition) is 15. The lowest BCUT2D eigenvalue weighted by molar-refractivity contribution is -0.745. The number of ether oxygens (including phenoxy) is 2. The summed E-state index contributed by atoms with van der Waals surface area (Å²) >= 11 is 1.83. The number of nitrogens with two attached hydrogens (primary N) is 1. The summed E-state index contributed by atoms with van der Waals surface area (Å²) in [7, 11) is -20.1. The highest BCUT2D eigenvalue weighted by Crippen LogP contribution is 2.71. The van der Waals surface area contributed by atoms with Gasteiger partial charge in [0.15, 0.2) is 12.6 Å². The molecule has 7 heterocycles. The van der Waals surface area contributed by atoms with E-state index < -0.39 is 110 Å². The molecule has 7 rings (SSSR count). The molecule has 36 nitrogen and oxygen atoms in total. The normalized spacial score (nSPS) is 28.5. The zero-order valence-electron chi connectivity index (χ0n) is 42.0. The van der Waals surface area contributed by atoms with Gasteiger partial charge in [-0.25, -0.2) is 32.4 Å². The van der Waals surface area contributed by atoms with Crippen LogP contribution in [-0.2, 0) is 66.4 Å². The third-order valence-electron chi connectivity index (χ3n) is 12.2. The Hall–Kier alpha value is -3.85. The first-order valence-electron chi connectivity index (χ1n) is 24.0. The quantitative estimate of drug-likeness (QED) is 0.0109. The number of aryl methyl sites for hydroxylation is 1. The predicted octanol–water partition coefficient (Wildman–Crippen LogP) is -2.85. The van der Waals surface area contributed by atoms with Crippen LogP contribution >= 0.6 is 64.6 Å². The van der Waals surface area contributed by atoms with Gasteiger partial charge >= 0.3 is 48.7 Å². The molecule has 0 aromatic carbocycles. The molecule has 0 radical (unpaired) electrons. The second kappa shape index (κ2) is 27.5. The molecule has 16 N–H and O–H groups in total. The molecule has 4 amide bonds. The fraction of sp³-hybridized carbons (Fsp3) is 0.632. The second-order valence-electron chi connectivity index (χ2n) is 18.1. The molecular formula is C38H58N11O25P4S3+. The first-order chi connectivity index (χ1) is 38.0. The number of carbonyl (C=O) groups is 3. The Balaban J connectivity index is 0.792. The molecule has 0 aliphatic carbocycles. The van der Waals surface area contributed by atoms with Gasteiger partial charge in [0.1, 0.15) is 36.6 Å². The predicted molar refractivity (Wildman–Crippen MR) is 282 cm³/mol. The van der Waals surface area contributed by atoms with Gasteiger partial charge in [-0.2, -0.15) is 24.7 Å². The third-order valence-corrected chi connectivity index (χ3v) is 22.0. The summed E-state index contributed by atoms with van der Waals surface area (Å²) in [6.07, 6.45) is -6.86. The maximum atomic E-state index is 12.8. The number of phosphoric acid groups is 4. The van der Waals surface area contributed by atoms with Crippen LogP contribution in [-0.4, -0.2) is 179 Å². The number of aromatic nitrogens is 6. The van der Waals surface area contributed by atoms with Gasteiger partial charge in [0, 0.05) is 54.6 Å². The summed E-state index contributed by atoms with van der Waals surface area (Å²) in [5, 5.41) is 54.3. The molecule has 43 heteroatoms. The molecule has 7 unspecified atom stereocenters. The molecule has 452 valence electrons. The number of amides is 4. The fourth-order valence-electron chi connectivity index (χ4n) is 8.55. The minimum absolute atomic E-state index is 0.0392. The first kappa shape index (κ1) is 64.7. The Morgan fingerprint density at radius 1 is 0.840 bits per heavy atom. The lowest BCUT2D eigenvalue weighted by atomic mass is 10.0. The molecule has 0 spiro atoms. The molecular weight excluding hydrogens is 1230 g/mol. The number of nitrogen functional groups attached to an aromatic ring is 1. The van der Waals surface area contributed by atoms with Crippen molar-refractivity contribution in [3.63, 3.8) is 0 Å². The van der Waals surface area contributed by atoms with Crippen LogP contribution in [0.5, 0.6) is 0 Å². The monoisotopic (exact) mass is 1290 g/mol. The number of phosphoric ester groups is 2. The molecule has 4 aliphatic heterocycles. The largest absolute Gasteiger partial charge is 0.490 e. The number of carbonyl (C=O) groups excluding carboxylic acids is 3. The molecule has 81 heavy (non-hydrogen) atoms. The van der Waals surface area contributed by atoms with Gasteiger partial charge in [0.25, 0.3) is 17.1 Å². The van der Waals surface area contributed by atoms with Gasteiger partial charge in [-0.15, -0.1) is 0 Å². The molecule has 0 bridgehead atoms. The number of fused-ring (bicyclic) bond motifs is 2.